The number of aromatic nitrogens is 1. The van der Waals surface area contributed by atoms with E-state index in [4.69, 9.17) is 4.42 Å². The van der Waals surface area contributed by atoms with Crippen molar-refractivity contribution in [2.45, 2.75) is 82.2 Å². The molecular weight excluding hydrogens is 753 g/mol. The number of hydrogen-bond donors (Lipinski definition) is 0. The number of hydrogen-bond acceptors (Lipinski definition) is 2. The predicted molar refractivity (Wildman–Crippen MR) is 261 cm³/mol. The maximum absolute atomic E-state index is 7.36. The van der Waals surface area contributed by atoms with Gasteiger partial charge in [0.2, 0.25) is 0 Å². The number of para-hydroxylation sites is 1. The van der Waals surface area contributed by atoms with E-state index in [0.717, 1.165) is 65.4 Å². The number of allylic oxidation sites excluding steroid dienone is 11. The molecule has 5 aromatic carbocycles. The zero-order chi connectivity index (χ0) is 41.8. The second-order valence-corrected chi connectivity index (χ2v) is 19.1. The Labute approximate surface area is 365 Å². The fourth-order valence-electron chi connectivity index (χ4n) is 11.6. The van der Waals surface area contributed by atoms with E-state index >= 15 is 0 Å². The van der Waals surface area contributed by atoms with E-state index in [2.05, 4.69) is 213 Å². The highest BCUT2D eigenvalue weighted by Gasteiger charge is 2.38. The van der Waals surface area contributed by atoms with E-state index in [0.29, 0.717) is 5.92 Å². The van der Waals surface area contributed by atoms with Crippen molar-refractivity contribution < 1.29 is 4.42 Å². The molecule has 5 aliphatic carbocycles. The Hall–Kier alpha value is -6.58. The summed E-state index contributed by atoms with van der Waals surface area (Å²) >= 11 is 0. The van der Waals surface area contributed by atoms with Gasteiger partial charge in [0.25, 0.3) is 0 Å². The fraction of sp³-hybridized carbons (Fsp3) is 0.220. The molecule has 2 heterocycles. The maximum Gasteiger partial charge on any atom is 0.159 e. The molecule has 3 unspecified atom stereocenters. The zero-order valence-corrected chi connectivity index (χ0v) is 36.2. The molecule has 12 rings (SSSR count). The summed E-state index contributed by atoms with van der Waals surface area (Å²) in [4.78, 5) is 2.54. The van der Waals surface area contributed by atoms with Crippen molar-refractivity contribution in [1.82, 2.24) is 4.57 Å². The minimum Gasteiger partial charge on any atom is -0.453 e. The van der Waals surface area contributed by atoms with Crippen molar-refractivity contribution in [3.05, 3.63) is 203 Å². The molecule has 0 spiro atoms. The molecule has 5 aliphatic rings. The van der Waals surface area contributed by atoms with Crippen LogP contribution < -0.4 is 4.90 Å². The number of anilines is 2. The summed E-state index contributed by atoms with van der Waals surface area (Å²) in [5.74, 6) is 0.388. The lowest BCUT2D eigenvalue weighted by Gasteiger charge is -2.42. The summed E-state index contributed by atoms with van der Waals surface area (Å²) in [5.41, 5.74) is 16.9. The van der Waals surface area contributed by atoms with Crippen molar-refractivity contribution in [2.75, 3.05) is 4.90 Å². The summed E-state index contributed by atoms with van der Waals surface area (Å²) in [7, 11) is 0. The van der Waals surface area contributed by atoms with Gasteiger partial charge < -0.3 is 13.9 Å². The van der Waals surface area contributed by atoms with Gasteiger partial charge in [0, 0.05) is 39.1 Å². The quantitative estimate of drug-likeness (QED) is 0.167. The first-order valence-corrected chi connectivity index (χ1v) is 22.6. The molecule has 0 saturated heterocycles. The molecule has 3 nitrogen and oxygen atoms in total. The molecule has 3 atom stereocenters. The lowest BCUT2D eigenvalue weighted by molar-refractivity contribution is 0.411. The highest BCUT2D eigenvalue weighted by molar-refractivity contribution is 6.19. The molecule has 62 heavy (non-hydrogen) atoms. The average molecular weight is 805 g/mol. The summed E-state index contributed by atoms with van der Waals surface area (Å²) in [6.07, 6.45) is 34.8. The fourth-order valence-corrected chi connectivity index (χ4v) is 11.6. The van der Waals surface area contributed by atoms with Gasteiger partial charge in [-0.1, -0.05) is 153 Å². The van der Waals surface area contributed by atoms with Crippen LogP contribution >= 0.6 is 0 Å². The Morgan fingerprint density at radius 3 is 2.34 bits per heavy atom. The van der Waals surface area contributed by atoms with Crippen LogP contribution in [0.5, 0.6) is 0 Å². The number of nitrogens with zero attached hydrogens (tertiary/aromatic N) is 2. The summed E-state index contributed by atoms with van der Waals surface area (Å²) in [5, 5.41) is 3.54. The van der Waals surface area contributed by atoms with E-state index in [-0.39, 0.29) is 16.5 Å². The predicted octanol–water partition coefficient (Wildman–Crippen LogP) is 15.6. The Morgan fingerprint density at radius 1 is 0.694 bits per heavy atom. The normalized spacial score (nSPS) is 23.0. The lowest BCUT2D eigenvalue weighted by atomic mass is 9.80. The Kier molecular flexibility index (Phi) is 8.23. The molecule has 0 bridgehead atoms. The smallest absolute Gasteiger partial charge is 0.159 e. The van der Waals surface area contributed by atoms with Gasteiger partial charge in [0.15, 0.2) is 5.58 Å². The van der Waals surface area contributed by atoms with Crippen LogP contribution in [0.15, 0.2) is 174 Å². The lowest BCUT2D eigenvalue weighted by Crippen LogP contribution is -2.42. The van der Waals surface area contributed by atoms with E-state index < -0.39 is 0 Å². The van der Waals surface area contributed by atoms with Crippen molar-refractivity contribution in [3.8, 4) is 11.1 Å². The van der Waals surface area contributed by atoms with E-state index in [1.165, 1.54) is 61.1 Å². The van der Waals surface area contributed by atoms with Crippen molar-refractivity contribution >= 4 is 55.9 Å². The summed E-state index contributed by atoms with van der Waals surface area (Å²) in [6.45, 7) is 9.49. The third kappa shape index (κ3) is 5.50. The Balaban J connectivity index is 0.995. The SMILES string of the molecule is CC1(C)c2ccccc2-c2ccc(C3=CCC(C)(N(c4ccc(C5C=CC=CC5)cc4)c4cccc5c4oc4c5ccc5c4c4c(n5C5(C)C=CC=CC5)CCC=C4)C=C3)cc21. The minimum atomic E-state index is -0.381. The highest BCUT2D eigenvalue weighted by Crippen LogP contribution is 2.51. The van der Waals surface area contributed by atoms with Crippen molar-refractivity contribution in [1.29, 1.82) is 0 Å². The monoisotopic (exact) mass is 804 g/mol. The first kappa shape index (κ1) is 37.2. The standard InChI is InChI=1S/C59H52N2O/c1-57(2)49-21-11-9-18-44(49)45-29-26-42(38-50(45)57)41-32-36-59(4,37-33-41)60(43-27-24-40(25-28-43)39-16-7-5-8-17-39)53-23-15-20-46-47-30-31-52-54(56(47)62-55(46)53)48-19-10-12-22-51(48)61(52)58(3)34-13-6-14-35-58/h5-11,13-16,18-21,23-34,36,38-39H,12,17,22,35,37H2,1-4H3. The van der Waals surface area contributed by atoms with Gasteiger partial charge >= 0.3 is 0 Å². The van der Waals surface area contributed by atoms with Crippen LogP contribution in [0.4, 0.5) is 11.4 Å². The third-order valence-corrected chi connectivity index (χ3v) is 14.9. The number of rotatable bonds is 6. The van der Waals surface area contributed by atoms with Crippen LogP contribution in [0.25, 0.3) is 55.6 Å². The molecule has 0 N–H and O–H groups in total. The van der Waals surface area contributed by atoms with Crippen molar-refractivity contribution in [3.63, 3.8) is 0 Å². The van der Waals surface area contributed by atoms with Crippen LogP contribution in [0.3, 0.4) is 0 Å². The average Bonchev–Trinajstić information content (AvgIpc) is 3.94. The largest absolute Gasteiger partial charge is 0.453 e. The summed E-state index contributed by atoms with van der Waals surface area (Å²) < 4.78 is 9.97. The molecule has 7 aromatic rings. The van der Waals surface area contributed by atoms with Gasteiger partial charge in [-0.3, -0.25) is 0 Å². The maximum atomic E-state index is 7.36. The van der Waals surface area contributed by atoms with Gasteiger partial charge in [-0.05, 0) is 121 Å². The molecular formula is C59H52N2O. The molecule has 0 amide bonds. The van der Waals surface area contributed by atoms with E-state index in [1.807, 2.05) is 0 Å². The van der Waals surface area contributed by atoms with Gasteiger partial charge in [0.1, 0.15) is 5.58 Å². The molecule has 2 aromatic heterocycles. The third-order valence-electron chi connectivity index (χ3n) is 14.9. The van der Waals surface area contributed by atoms with Gasteiger partial charge in [0.05, 0.1) is 27.7 Å². The minimum absolute atomic E-state index is 0.0423. The van der Waals surface area contributed by atoms with E-state index in [9.17, 15) is 0 Å². The van der Waals surface area contributed by atoms with Crippen molar-refractivity contribution in [2.24, 2.45) is 0 Å². The van der Waals surface area contributed by atoms with Crippen LogP contribution in [0, 0.1) is 0 Å². The molecule has 0 fully saturated rings. The Bertz CT molecular complexity index is 3220. The molecule has 0 saturated carbocycles. The highest BCUT2D eigenvalue weighted by atomic mass is 16.3. The topological polar surface area (TPSA) is 21.3 Å². The second-order valence-electron chi connectivity index (χ2n) is 19.1. The van der Waals surface area contributed by atoms with Gasteiger partial charge in [-0.2, -0.15) is 0 Å². The Morgan fingerprint density at radius 2 is 1.53 bits per heavy atom. The summed E-state index contributed by atoms with van der Waals surface area (Å²) in [6, 6.07) is 36.7. The number of furan rings is 1. The van der Waals surface area contributed by atoms with Crippen LogP contribution in [0.1, 0.15) is 92.8 Å². The molecule has 3 heteroatoms. The second kappa shape index (κ2) is 13.7. The van der Waals surface area contributed by atoms with Crippen LogP contribution in [-0.2, 0) is 17.4 Å². The zero-order valence-electron chi connectivity index (χ0n) is 36.2. The number of benzene rings is 5. The molecule has 0 radical (unpaired) electrons. The number of fused-ring (bicyclic) bond motifs is 10. The van der Waals surface area contributed by atoms with Gasteiger partial charge in [-0.15, -0.1) is 0 Å². The van der Waals surface area contributed by atoms with Gasteiger partial charge in [-0.25, -0.2) is 0 Å². The van der Waals surface area contributed by atoms with Crippen LogP contribution in [-0.4, -0.2) is 10.1 Å². The first-order chi connectivity index (χ1) is 30.2. The molecule has 304 valence electrons. The van der Waals surface area contributed by atoms with E-state index in [1.54, 1.807) is 0 Å². The first-order valence-electron chi connectivity index (χ1n) is 22.6. The van der Waals surface area contributed by atoms with Crippen LogP contribution in [0.2, 0.25) is 0 Å². The molecule has 0 aliphatic heterocycles.